The van der Waals surface area contributed by atoms with Gasteiger partial charge in [0.05, 0.1) is 5.02 Å². The van der Waals surface area contributed by atoms with Gasteiger partial charge in [-0.2, -0.15) is 0 Å². The van der Waals surface area contributed by atoms with Gasteiger partial charge in [0.2, 0.25) is 0 Å². The molecule has 0 aliphatic rings. The van der Waals surface area contributed by atoms with Crippen molar-refractivity contribution < 1.29 is 4.79 Å². The molecule has 1 heterocycles. The van der Waals surface area contributed by atoms with Crippen LogP contribution < -0.4 is 0 Å². The van der Waals surface area contributed by atoms with E-state index < -0.39 is 0 Å². The van der Waals surface area contributed by atoms with E-state index in [0.717, 1.165) is 4.90 Å². The van der Waals surface area contributed by atoms with E-state index in [0.29, 0.717) is 15.7 Å². The van der Waals surface area contributed by atoms with Crippen LogP contribution in [0, 0.1) is 0 Å². The van der Waals surface area contributed by atoms with Crippen molar-refractivity contribution in [3.8, 4) is 0 Å². The fourth-order valence-corrected chi connectivity index (χ4v) is 2.25. The highest BCUT2D eigenvalue weighted by atomic mass is 35.5. The van der Waals surface area contributed by atoms with Crippen molar-refractivity contribution in [2.24, 2.45) is 0 Å². The summed E-state index contributed by atoms with van der Waals surface area (Å²) >= 11 is 7.46. The van der Waals surface area contributed by atoms with Gasteiger partial charge >= 0.3 is 0 Å². The van der Waals surface area contributed by atoms with E-state index in [1.807, 2.05) is 0 Å². The topological polar surface area (TPSA) is 42.9 Å². The van der Waals surface area contributed by atoms with Gasteiger partial charge in [0, 0.05) is 22.9 Å². The number of hydrogen-bond donors (Lipinski definition) is 0. The third-order valence-electron chi connectivity index (χ3n) is 2.08. The summed E-state index contributed by atoms with van der Waals surface area (Å²) in [6.07, 6.45) is 3.35. The minimum absolute atomic E-state index is 0.000545. The normalized spacial score (nSPS) is 10.2. The van der Waals surface area contributed by atoms with Crippen LogP contribution in [0.15, 0.2) is 46.7 Å². The average Bonchev–Trinajstić information content (AvgIpc) is 2.33. The molecule has 0 bridgehead atoms. The lowest BCUT2D eigenvalue weighted by atomic mass is 10.1. The summed E-state index contributed by atoms with van der Waals surface area (Å²) in [7, 11) is 0. The van der Waals surface area contributed by atoms with Gasteiger partial charge in [-0.3, -0.25) is 4.79 Å². The van der Waals surface area contributed by atoms with Crippen LogP contribution in [0.3, 0.4) is 0 Å². The number of nitrogens with zero attached hydrogens (tertiary/aromatic N) is 2. The monoisotopic (exact) mass is 264 g/mol. The molecule has 0 saturated carbocycles. The number of carbonyl (C=O) groups excluding carboxylic acids is 1. The number of halogens is 1. The fraction of sp³-hybridized carbons (Fsp3) is 0.0833. The molecule has 2 rings (SSSR count). The van der Waals surface area contributed by atoms with Crippen LogP contribution in [-0.4, -0.2) is 15.8 Å². The molecule has 3 nitrogen and oxygen atoms in total. The number of hydrogen-bond acceptors (Lipinski definition) is 4. The Morgan fingerprint density at radius 3 is 2.59 bits per heavy atom. The van der Waals surface area contributed by atoms with E-state index in [-0.39, 0.29) is 5.78 Å². The Kier molecular flexibility index (Phi) is 3.76. The molecule has 2 aromatic rings. The zero-order valence-corrected chi connectivity index (χ0v) is 10.6. The van der Waals surface area contributed by atoms with Crippen LogP contribution in [0.5, 0.6) is 0 Å². The van der Waals surface area contributed by atoms with Gasteiger partial charge in [-0.05, 0) is 36.9 Å². The zero-order chi connectivity index (χ0) is 12.3. The maximum Gasteiger partial charge on any atom is 0.192 e. The van der Waals surface area contributed by atoms with Crippen LogP contribution in [0.25, 0.3) is 0 Å². The van der Waals surface area contributed by atoms with Gasteiger partial charge in [0.1, 0.15) is 0 Å². The third kappa shape index (κ3) is 3.05. The third-order valence-corrected chi connectivity index (χ3v) is 3.48. The first kappa shape index (κ1) is 12.1. The average molecular weight is 265 g/mol. The van der Waals surface area contributed by atoms with Crippen molar-refractivity contribution >= 4 is 29.1 Å². The molecule has 0 N–H and O–H groups in total. The summed E-state index contributed by atoms with van der Waals surface area (Å²) in [5.74, 6) is -0.000545. The zero-order valence-electron chi connectivity index (χ0n) is 9.05. The molecular formula is C12H9ClN2OS. The predicted octanol–water partition coefficient (Wildman–Crippen LogP) is 3.48. The second-order valence-corrected chi connectivity index (χ2v) is 4.75. The van der Waals surface area contributed by atoms with Crippen molar-refractivity contribution in [3.05, 3.63) is 47.2 Å². The lowest BCUT2D eigenvalue weighted by Crippen LogP contribution is -1.92. The van der Waals surface area contributed by atoms with Crippen LogP contribution in [0.2, 0.25) is 5.02 Å². The van der Waals surface area contributed by atoms with Crippen LogP contribution >= 0.6 is 23.4 Å². The molecule has 1 aromatic heterocycles. The Labute approximate surface area is 108 Å². The molecule has 0 amide bonds. The second kappa shape index (κ2) is 5.29. The summed E-state index contributed by atoms with van der Waals surface area (Å²) in [4.78, 5) is 20.2. The smallest absolute Gasteiger partial charge is 0.192 e. The molecule has 0 spiro atoms. The molecule has 17 heavy (non-hydrogen) atoms. The molecule has 0 aliphatic carbocycles. The van der Waals surface area contributed by atoms with Gasteiger partial charge in [0.15, 0.2) is 10.9 Å². The van der Waals surface area contributed by atoms with E-state index in [9.17, 15) is 4.79 Å². The first-order chi connectivity index (χ1) is 8.16. The second-order valence-electron chi connectivity index (χ2n) is 3.33. The van der Waals surface area contributed by atoms with Crippen molar-refractivity contribution in [3.63, 3.8) is 0 Å². The van der Waals surface area contributed by atoms with E-state index >= 15 is 0 Å². The van der Waals surface area contributed by atoms with E-state index in [1.54, 1.807) is 36.7 Å². The minimum atomic E-state index is -0.000545. The van der Waals surface area contributed by atoms with Crippen molar-refractivity contribution in [2.45, 2.75) is 17.0 Å². The van der Waals surface area contributed by atoms with Gasteiger partial charge in [-0.15, -0.1) is 0 Å². The minimum Gasteiger partial charge on any atom is -0.295 e. The lowest BCUT2D eigenvalue weighted by Gasteiger charge is -2.04. The standard InChI is InChI=1S/C12H9ClN2OS/c1-8(16)9-3-4-11(10(13)7-9)17-12-14-5-2-6-15-12/h2-7H,1H3. The first-order valence-corrected chi connectivity index (χ1v) is 6.11. The van der Waals surface area contributed by atoms with Crippen LogP contribution in [0.4, 0.5) is 0 Å². The van der Waals surface area contributed by atoms with E-state index in [2.05, 4.69) is 9.97 Å². The molecule has 0 fully saturated rings. The summed E-state index contributed by atoms with van der Waals surface area (Å²) in [6.45, 7) is 1.51. The highest BCUT2D eigenvalue weighted by molar-refractivity contribution is 7.99. The summed E-state index contributed by atoms with van der Waals surface area (Å²) in [5, 5.41) is 1.17. The Balaban J connectivity index is 2.26. The van der Waals surface area contributed by atoms with Gasteiger partial charge < -0.3 is 0 Å². The molecule has 0 unspecified atom stereocenters. The Morgan fingerprint density at radius 2 is 2.00 bits per heavy atom. The summed E-state index contributed by atoms with van der Waals surface area (Å²) in [6, 6.07) is 6.97. The molecular weight excluding hydrogens is 256 g/mol. The number of benzene rings is 1. The van der Waals surface area contributed by atoms with Crippen molar-refractivity contribution in [1.82, 2.24) is 9.97 Å². The van der Waals surface area contributed by atoms with Gasteiger partial charge in [-0.25, -0.2) is 9.97 Å². The van der Waals surface area contributed by atoms with Crippen LogP contribution in [0.1, 0.15) is 17.3 Å². The largest absolute Gasteiger partial charge is 0.295 e. The van der Waals surface area contributed by atoms with E-state index in [4.69, 9.17) is 11.6 Å². The molecule has 0 saturated heterocycles. The van der Waals surface area contributed by atoms with E-state index in [1.165, 1.54) is 18.7 Å². The maximum atomic E-state index is 11.2. The van der Waals surface area contributed by atoms with Crippen LogP contribution in [-0.2, 0) is 0 Å². The van der Waals surface area contributed by atoms with Crippen molar-refractivity contribution in [2.75, 3.05) is 0 Å². The molecule has 0 aliphatic heterocycles. The van der Waals surface area contributed by atoms with Gasteiger partial charge in [-0.1, -0.05) is 17.7 Å². The number of Topliss-reactive ketones (excluding diaryl/α,β-unsaturated/α-hetero) is 1. The maximum absolute atomic E-state index is 11.2. The predicted molar refractivity (Wildman–Crippen MR) is 67.6 cm³/mol. The Bertz CT molecular complexity index is 545. The number of ketones is 1. The quantitative estimate of drug-likeness (QED) is 0.629. The number of aromatic nitrogens is 2. The van der Waals surface area contributed by atoms with Crippen molar-refractivity contribution in [1.29, 1.82) is 0 Å². The number of rotatable bonds is 3. The fourth-order valence-electron chi connectivity index (χ4n) is 1.24. The summed E-state index contributed by atoms with van der Waals surface area (Å²) in [5.41, 5.74) is 0.605. The molecule has 5 heteroatoms. The molecule has 0 radical (unpaired) electrons. The Hall–Kier alpha value is -1.39. The number of carbonyl (C=O) groups is 1. The highest BCUT2D eigenvalue weighted by Crippen LogP contribution is 2.31. The Morgan fingerprint density at radius 1 is 1.29 bits per heavy atom. The molecule has 1 aromatic carbocycles. The molecule has 0 atom stereocenters. The van der Waals surface area contributed by atoms with Gasteiger partial charge in [0.25, 0.3) is 0 Å². The lowest BCUT2D eigenvalue weighted by molar-refractivity contribution is 0.101. The molecule has 86 valence electrons. The SMILES string of the molecule is CC(=O)c1ccc(Sc2ncccn2)c(Cl)c1. The summed E-state index contributed by atoms with van der Waals surface area (Å²) < 4.78 is 0. The first-order valence-electron chi connectivity index (χ1n) is 4.92. The highest BCUT2D eigenvalue weighted by Gasteiger charge is 2.07.